The first kappa shape index (κ1) is 16.3. The highest BCUT2D eigenvalue weighted by Gasteiger charge is 2.38. The molecular formula is C17H20N2O5. The third kappa shape index (κ3) is 2.81. The van der Waals surface area contributed by atoms with Gasteiger partial charge in [0.25, 0.3) is 5.91 Å². The van der Waals surface area contributed by atoms with E-state index in [1.54, 1.807) is 23.1 Å². The van der Waals surface area contributed by atoms with Gasteiger partial charge in [-0.1, -0.05) is 6.07 Å². The summed E-state index contributed by atoms with van der Waals surface area (Å²) in [5, 5.41) is 0. The lowest BCUT2D eigenvalue weighted by Crippen LogP contribution is -2.54. The van der Waals surface area contributed by atoms with Crippen molar-refractivity contribution in [3.63, 3.8) is 0 Å². The van der Waals surface area contributed by atoms with Gasteiger partial charge in [-0.2, -0.15) is 0 Å². The Morgan fingerprint density at radius 2 is 1.79 bits per heavy atom. The second-order valence-corrected chi connectivity index (χ2v) is 6.02. The van der Waals surface area contributed by atoms with Crippen LogP contribution in [0.15, 0.2) is 18.2 Å². The van der Waals surface area contributed by atoms with Gasteiger partial charge in [0, 0.05) is 38.4 Å². The Balaban J connectivity index is 1.63. The molecule has 3 rings (SSSR count). The number of imide groups is 1. The quantitative estimate of drug-likeness (QED) is 0.750. The summed E-state index contributed by atoms with van der Waals surface area (Å²) in [5.74, 6) is 0.697. The van der Waals surface area contributed by atoms with Crippen LogP contribution in [0, 0.1) is 5.92 Å². The Labute approximate surface area is 140 Å². The number of benzene rings is 1. The number of methoxy groups -OCH3 is 2. The summed E-state index contributed by atoms with van der Waals surface area (Å²) < 4.78 is 10.5. The first-order chi connectivity index (χ1) is 11.5. The number of rotatable bonds is 5. The van der Waals surface area contributed by atoms with Gasteiger partial charge in [-0.15, -0.1) is 0 Å². The number of hydrogen-bond donors (Lipinski definition) is 0. The van der Waals surface area contributed by atoms with Gasteiger partial charge in [0.05, 0.1) is 19.8 Å². The van der Waals surface area contributed by atoms with E-state index in [4.69, 9.17) is 9.47 Å². The molecule has 1 aromatic rings. The lowest BCUT2D eigenvalue weighted by molar-refractivity contribution is -0.139. The fourth-order valence-corrected chi connectivity index (χ4v) is 3.16. The SMILES string of the molecule is COc1cccc(C(=O)N2CC(CN3C(=O)CCC3=O)C2)c1OC. The monoisotopic (exact) mass is 332 g/mol. The zero-order valence-electron chi connectivity index (χ0n) is 13.8. The molecule has 0 N–H and O–H groups in total. The van der Waals surface area contributed by atoms with Crippen molar-refractivity contribution in [1.29, 1.82) is 0 Å². The minimum atomic E-state index is -0.138. The van der Waals surface area contributed by atoms with E-state index in [0.29, 0.717) is 49.5 Å². The van der Waals surface area contributed by atoms with Gasteiger partial charge in [0.15, 0.2) is 11.5 Å². The van der Waals surface area contributed by atoms with Gasteiger partial charge < -0.3 is 14.4 Å². The van der Waals surface area contributed by atoms with Crippen LogP contribution in [0.4, 0.5) is 0 Å². The first-order valence-electron chi connectivity index (χ1n) is 7.88. The van der Waals surface area contributed by atoms with Gasteiger partial charge in [-0.25, -0.2) is 0 Å². The van der Waals surface area contributed by atoms with E-state index >= 15 is 0 Å². The predicted molar refractivity (Wildman–Crippen MR) is 84.9 cm³/mol. The van der Waals surface area contributed by atoms with E-state index in [1.165, 1.54) is 19.1 Å². The van der Waals surface area contributed by atoms with E-state index in [1.807, 2.05) is 0 Å². The van der Waals surface area contributed by atoms with Crippen LogP contribution in [0.3, 0.4) is 0 Å². The molecule has 2 fully saturated rings. The molecule has 7 heteroatoms. The van der Waals surface area contributed by atoms with Crippen molar-refractivity contribution < 1.29 is 23.9 Å². The Morgan fingerprint density at radius 3 is 2.38 bits per heavy atom. The van der Waals surface area contributed by atoms with Gasteiger partial charge in [0.2, 0.25) is 11.8 Å². The standard InChI is InChI=1S/C17H20N2O5/c1-23-13-5-3-4-12(16(13)24-2)17(22)18-8-11(9-18)10-19-14(20)6-7-15(19)21/h3-5,11H,6-10H2,1-2H3. The highest BCUT2D eigenvalue weighted by molar-refractivity contribution is 6.02. The molecule has 0 unspecified atom stereocenters. The van der Waals surface area contributed by atoms with Crippen LogP contribution in [0.25, 0.3) is 0 Å². The fraction of sp³-hybridized carbons (Fsp3) is 0.471. The lowest BCUT2D eigenvalue weighted by Gasteiger charge is -2.40. The minimum Gasteiger partial charge on any atom is -0.493 e. The maximum atomic E-state index is 12.6. The maximum Gasteiger partial charge on any atom is 0.257 e. The Morgan fingerprint density at radius 1 is 1.12 bits per heavy atom. The molecule has 2 saturated heterocycles. The Hall–Kier alpha value is -2.57. The minimum absolute atomic E-state index is 0.112. The summed E-state index contributed by atoms with van der Waals surface area (Å²) in [5.41, 5.74) is 0.448. The molecule has 2 heterocycles. The third-order valence-electron chi connectivity index (χ3n) is 4.47. The predicted octanol–water partition coefficient (Wildman–Crippen LogP) is 0.925. The number of nitrogens with zero attached hydrogens (tertiary/aromatic N) is 2. The molecular weight excluding hydrogens is 312 g/mol. The largest absolute Gasteiger partial charge is 0.493 e. The zero-order valence-corrected chi connectivity index (χ0v) is 13.8. The summed E-state index contributed by atoms with van der Waals surface area (Å²) in [4.78, 5) is 38.9. The van der Waals surface area contributed by atoms with Crippen molar-refractivity contribution in [2.24, 2.45) is 5.92 Å². The molecule has 0 radical (unpaired) electrons. The number of carbonyl (C=O) groups excluding carboxylic acids is 3. The molecule has 1 aromatic carbocycles. The van der Waals surface area contributed by atoms with Crippen LogP contribution in [0.2, 0.25) is 0 Å². The molecule has 0 atom stereocenters. The second kappa shape index (κ2) is 6.51. The maximum absolute atomic E-state index is 12.6. The second-order valence-electron chi connectivity index (χ2n) is 6.02. The van der Waals surface area contributed by atoms with Crippen molar-refractivity contribution in [1.82, 2.24) is 9.80 Å². The van der Waals surface area contributed by atoms with Crippen LogP contribution >= 0.6 is 0 Å². The molecule has 0 bridgehead atoms. The third-order valence-corrected chi connectivity index (χ3v) is 4.47. The fourth-order valence-electron chi connectivity index (χ4n) is 3.16. The average molecular weight is 332 g/mol. The first-order valence-corrected chi connectivity index (χ1v) is 7.88. The van der Waals surface area contributed by atoms with Crippen molar-refractivity contribution in [3.8, 4) is 11.5 Å². The van der Waals surface area contributed by atoms with Gasteiger partial charge in [-0.05, 0) is 12.1 Å². The molecule has 0 saturated carbocycles. The number of amides is 3. The topological polar surface area (TPSA) is 76.2 Å². The van der Waals surface area contributed by atoms with Crippen molar-refractivity contribution in [3.05, 3.63) is 23.8 Å². The van der Waals surface area contributed by atoms with Crippen LogP contribution in [0.1, 0.15) is 23.2 Å². The van der Waals surface area contributed by atoms with Crippen molar-refractivity contribution in [2.45, 2.75) is 12.8 Å². The number of likely N-dealkylation sites (tertiary alicyclic amines) is 2. The summed E-state index contributed by atoms with van der Waals surface area (Å²) >= 11 is 0. The zero-order chi connectivity index (χ0) is 17.3. The van der Waals surface area contributed by atoms with E-state index in [0.717, 1.165) is 0 Å². The van der Waals surface area contributed by atoms with Gasteiger partial charge in [0.1, 0.15) is 0 Å². The van der Waals surface area contributed by atoms with E-state index in [9.17, 15) is 14.4 Å². The molecule has 7 nitrogen and oxygen atoms in total. The lowest BCUT2D eigenvalue weighted by atomic mass is 9.98. The van der Waals surface area contributed by atoms with Gasteiger partial charge >= 0.3 is 0 Å². The molecule has 2 aliphatic heterocycles. The normalized spacial score (nSPS) is 17.9. The van der Waals surface area contributed by atoms with Crippen LogP contribution in [0.5, 0.6) is 11.5 Å². The van der Waals surface area contributed by atoms with Crippen LogP contribution in [-0.2, 0) is 9.59 Å². The Bertz CT molecular complexity index is 666. The summed E-state index contributed by atoms with van der Waals surface area (Å²) in [6.07, 6.45) is 0.602. The highest BCUT2D eigenvalue weighted by Crippen LogP contribution is 2.33. The van der Waals surface area contributed by atoms with Crippen molar-refractivity contribution >= 4 is 17.7 Å². The number of para-hydroxylation sites is 1. The molecule has 3 amide bonds. The van der Waals surface area contributed by atoms with E-state index in [-0.39, 0.29) is 23.6 Å². The van der Waals surface area contributed by atoms with Crippen molar-refractivity contribution in [2.75, 3.05) is 33.9 Å². The summed E-state index contributed by atoms with van der Waals surface area (Å²) in [6, 6.07) is 5.18. The van der Waals surface area contributed by atoms with E-state index < -0.39 is 0 Å². The Kier molecular flexibility index (Phi) is 4.42. The molecule has 128 valence electrons. The smallest absolute Gasteiger partial charge is 0.257 e. The molecule has 0 aromatic heterocycles. The summed E-state index contributed by atoms with van der Waals surface area (Å²) in [7, 11) is 3.02. The van der Waals surface area contributed by atoms with Crippen LogP contribution < -0.4 is 9.47 Å². The average Bonchev–Trinajstić information content (AvgIpc) is 2.87. The van der Waals surface area contributed by atoms with E-state index in [2.05, 4.69) is 0 Å². The number of carbonyl (C=O) groups is 3. The summed E-state index contributed by atoms with van der Waals surface area (Å²) in [6.45, 7) is 1.45. The van der Waals surface area contributed by atoms with Gasteiger partial charge in [-0.3, -0.25) is 19.3 Å². The molecule has 24 heavy (non-hydrogen) atoms. The number of hydrogen-bond acceptors (Lipinski definition) is 5. The molecule has 2 aliphatic rings. The molecule has 0 aliphatic carbocycles. The number of ether oxygens (including phenoxy) is 2. The molecule has 0 spiro atoms. The van der Waals surface area contributed by atoms with Crippen LogP contribution in [-0.4, -0.2) is 61.4 Å². The highest BCUT2D eigenvalue weighted by atomic mass is 16.5.